The van der Waals surface area contributed by atoms with E-state index in [0.29, 0.717) is 12.6 Å². The molecule has 0 aromatic heterocycles. The van der Waals surface area contributed by atoms with E-state index >= 15 is 0 Å². The third-order valence-corrected chi connectivity index (χ3v) is 3.78. The molecular weight excluding hydrogens is 262 g/mol. The van der Waals surface area contributed by atoms with Crippen molar-refractivity contribution in [2.24, 2.45) is 0 Å². The number of carbonyl (C=O) groups excluding carboxylic acids is 1. The first kappa shape index (κ1) is 16.7. The molecule has 2 amide bonds. The summed E-state index contributed by atoms with van der Waals surface area (Å²) in [7, 11) is 1.68. The highest BCUT2D eigenvalue weighted by molar-refractivity contribution is 5.79. The Balaban J connectivity index is 2.41. The molecule has 7 heteroatoms. The lowest BCUT2D eigenvalue weighted by molar-refractivity contribution is -0.155. The number of carbonyl (C=O) groups is 2. The lowest BCUT2D eigenvalue weighted by atomic mass is 10.1. The predicted molar refractivity (Wildman–Crippen MR) is 74.6 cm³/mol. The van der Waals surface area contributed by atoms with Crippen molar-refractivity contribution in [1.82, 2.24) is 15.1 Å². The van der Waals surface area contributed by atoms with Gasteiger partial charge in [0.1, 0.15) is 0 Å². The zero-order chi connectivity index (χ0) is 15.3. The number of nitrogens with zero attached hydrogens (tertiary/aromatic N) is 2. The molecule has 1 heterocycles. The molecule has 7 nitrogen and oxygen atoms in total. The summed E-state index contributed by atoms with van der Waals surface area (Å²) in [5.41, 5.74) is -1.95. The van der Waals surface area contributed by atoms with Gasteiger partial charge in [0.25, 0.3) is 0 Å². The highest BCUT2D eigenvalue weighted by Crippen LogP contribution is 2.17. The highest BCUT2D eigenvalue weighted by Gasteiger charge is 2.31. The molecule has 0 spiro atoms. The second-order valence-electron chi connectivity index (χ2n) is 5.54. The Morgan fingerprint density at radius 1 is 1.50 bits per heavy atom. The molecule has 2 atom stereocenters. The van der Waals surface area contributed by atoms with Gasteiger partial charge in [-0.15, -0.1) is 0 Å². The van der Waals surface area contributed by atoms with Crippen LogP contribution in [-0.2, 0) is 4.79 Å². The minimum atomic E-state index is -1.95. The molecule has 1 rings (SSSR count). The van der Waals surface area contributed by atoms with Crippen LogP contribution >= 0.6 is 0 Å². The van der Waals surface area contributed by atoms with Crippen molar-refractivity contribution in [3.05, 3.63) is 0 Å². The largest absolute Gasteiger partial charge is 0.479 e. The van der Waals surface area contributed by atoms with Crippen LogP contribution in [0.4, 0.5) is 4.79 Å². The van der Waals surface area contributed by atoms with E-state index in [-0.39, 0.29) is 12.6 Å². The van der Waals surface area contributed by atoms with Gasteiger partial charge in [0.15, 0.2) is 5.60 Å². The Hall–Kier alpha value is -1.34. The summed E-state index contributed by atoms with van der Waals surface area (Å²) in [6.07, 6.45) is 2.21. The maximum absolute atomic E-state index is 11.9. The summed E-state index contributed by atoms with van der Waals surface area (Å²) < 4.78 is 0. The minimum Gasteiger partial charge on any atom is -0.479 e. The van der Waals surface area contributed by atoms with Crippen molar-refractivity contribution in [3.8, 4) is 0 Å². The Kier molecular flexibility index (Phi) is 5.76. The van der Waals surface area contributed by atoms with E-state index < -0.39 is 11.6 Å². The molecule has 1 saturated heterocycles. The number of amides is 2. The molecule has 0 aromatic rings. The molecule has 116 valence electrons. The monoisotopic (exact) mass is 287 g/mol. The van der Waals surface area contributed by atoms with Crippen LogP contribution in [-0.4, -0.2) is 76.9 Å². The van der Waals surface area contributed by atoms with Gasteiger partial charge in [-0.3, -0.25) is 4.90 Å². The number of aliphatic carboxylic acids is 1. The number of carboxylic acids is 1. The third-order valence-electron chi connectivity index (χ3n) is 3.78. The number of carboxylic acid groups (broad SMARTS) is 1. The number of likely N-dealkylation sites (tertiary alicyclic amines) is 1. The molecule has 3 N–H and O–H groups in total. The van der Waals surface area contributed by atoms with E-state index in [1.54, 1.807) is 7.05 Å². The Morgan fingerprint density at radius 3 is 2.70 bits per heavy atom. The number of likely N-dealkylation sites (N-methyl/N-ethyl adjacent to an activating group) is 2. The van der Waals surface area contributed by atoms with Gasteiger partial charge in [0, 0.05) is 19.6 Å². The van der Waals surface area contributed by atoms with Crippen LogP contribution in [0.1, 0.15) is 26.7 Å². The summed E-state index contributed by atoms with van der Waals surface area (Å²) in [5, 5.41) is 20.8. The van der Waals surface area contributed by atoms with Gasteiger partial charge in [-0.1, -0.05) is 6.92 Å². The molecule has 0 aromatic carbocycles. The summed E-state index contributed by atoms with van der Waals surface area (Å²) in [6.45, 7) is 5.58. The smallest absolute Gasteiger partial charge is 0.337 e. The average molecular weight is 287 g/mol. The first-order chi connectivity index (χ1) is 9.27. The second kappa shape index (κ2) is 6.90. The number of nitrogens with one attached hydrogen (secondary N) is 1. The standard InChI is InChI=1S/C13H25N3O4/c1-4-16-7-5-6-10(16)8-15(3)12(19)14-9-13(2,20)11(17)18/h10,20H,4-9H2,1-3H3,(H,14,19)(H,17,18). The predicted octanol–water partition coefficient (Wildman–Crippen LogP) is -0.0523. The second-order valence-corrected chi connectivity index (χ2v) is 5.54. The Morgan fingerprint density at radius 2 is 2.15 bits per heavy atom. The van der Waals surface area contributed by atoms with Gasteiger partial charge in [0.2, 0.25) is 0 Å². The van der Waals surface area contributed by atoms with E-state index in [1.165, 1.54) is 4.90 Å². The van der Waals surface area contributed by atoms with Gasteiger partial charge in [-0.25, -0.2) is 9.59 Å². The van der Waals surface area contributed by atoms with Crippen LogP contribution in [0.5, 0.6) is 0 Å². The third kappa shape index (κ3) is 4.35. The lowest BCUT2D eigenvalue weighted by Gasteiger charge is -2.28. The summed E-state index contributed by atoms with van der Waals surface area (Å²) >= 11 is 0. The van der Waals surface area contributed by atoms with Crippen molar-refractivity contribution >= 4 is 12.0 Å². The first-order valence-electron chi connectivity index (χ1n) is 6.96. The molecule has 20 heavy (non-hydrogen) atoms. The molecule has 0 radical (unpaired) electrons. The molecule has 0 saturated carbocycles. The Bertz CT molecular complexity index is 360. The maximum Gasteiger partial charge on any atom is 0.337 e. The average Bonchev–Trinajstić information content (AvgIpc) is 2.82. The van der Waals surface area contributed by atoms with E-state index in [0.717, 1.165) is 32.9 Å². The minimum absolute atomic E-state index is 0.312. The van der Waals surface area contributed by atoms with E-state index in [2.05, 4.69) is 17.1 Å². The summed E-state index contributed by atoms with van der Waals surface area (Å²) in [4.78, 5) is 26.5. The summed E-state index contributed by atoms with van der Waals surface area (Å²) in [6, 6.07) is -0.00906. The molecule has 2 unspecified atom stereocenters. The molecule has 1 aliphatic rings. The van der Waals surface area contributed by atoms with Crippen molar-refractivity contribution in [3.63, 3.8) is 0 Å². The quantitative estimate of drug-likeness (QED) is 0.637. The maximum atomic E-state index is 11.9. The number of hydrogen-bond donors (Lipinski definition) is 3. The molecule has 1 aliphatic heterocycles. The Labute approximate surface area is 119 Å². The van der Waals surface area contributed by atoms with Crippen LogP contribution < -0.4 is 5.32 Å². The summed E-state index contributed by atoms with van der Waals surface area (Å²) in [5.74, 6) is -1.35. The number of aliphatic hydroxyl groups is 1. The molecular formula is C13H25N3O4. The van der Waals surface area contributed by atoms with E-state index in [9.17, 15) is 14.7 Å². The van der Waals surface area contributed by atoms with Crippen LogP contribution in [0.25, 0.3) is 0 Å². The van der Waals surface area contributed by atoms with Gasteiger partial charge in [-0.05, 0) is 32.9 Å². The van der Waals surface area contributed by atoms with Gasteiger partial charge in [-0.2, -0.15) is 0 Å². The zero-order valence-corrected chi connectivity index (χ0v) is 12.4. The van der Waals surface area contributed by atoms with Crippen molar-refractivity contribution in [2.75, 3.05) is 33.2 Å². The molecule has 0 aliphatic carbocycles. The highest BCUT2D eigenvalue weighted by atomic mass is 16.4. The zero-order valence-electron chi connectivity index (χ0n) is 12.4. The molecule has 1 fully saturated rings. The van der Waals surface area contributed by atoms with Gasteiger partial charge in [0.05, 0.1) is 6.54 Å². The van der Waals surface area contributed by atoms with E-state index in [1.807, 2.05) is 0 Å². The van der Waals surface area contributed by atoms with Crippen molar-refractivity contribution in [2.45, 2.75) is 38.3 Å². The van der Waals surface area contributed by atoms with Crippen molar-refractivity contribution in [1.29, 1.82) is 0 Å². The van der Waals surface area contributed by atoms with E-state index in [4.69, 9.17) is 5.11 Å². The van der Waals surface area contributed by atoms with Gasteiger partial charge >= 0.3 is 12.0 Å². The van der Waals surface area contributed by atoms with Crippen LogP contribution in [0.3, 0.4) is 0 Å². The van der Waals surface area contributed by atoms with Crippen LogP contribution in [0.15, 0.2) is 0 Å². The van der Waals surface area contributed by atoms with Crippen LogP contribution in [0.2, 0.25) is 0 Å². The van der Waals surface area contributed by atoms with Crippen LogP contribution in [0, 0.1) is 0 Å². The van der Waals surface area contributed by atoms with Gasteiger partial charge < -0.3 is 20.4 Å². The van der Waals surface area contributed by atoms with Crippen molar-refractivity contribution < 1.29 is 19.8 Å². The normalized spacial score (nSPS) is 22.3. The first-order valence-corrected chi connectivity index (χ1v) is 6.96. The fraction of sp³-hybridized carbons (Fsp3) is 0.846. The number of hydrogen-bond acceptors (Lipinski definition) is 4. The fourth-order valence-corrected chi connectivity index (χ4v) is 2.38. The SMILES string of the molecule is CCN1CCCC1CN(C)C(=O)NCC(C)(O)C(=O)O. The number of urea groups is 1. The topological polar surface area (TPSA) is 93.1 Å². The fourth-order valence-electron chi connectivity index (χ4n) is 2.38. The number of rotatable bonds is 6. The lowest BCUT2D eigenvalue weighted by Crippen LogP contribution is -2.51. The molecule has 0 bridgehead atoms.